The number of benzene rings is 1. The quantitative estimate of drug-likeness (QED) is 0.463. The van der Waals surface area contributed by atoms with Gasteiger partial charge in [0.1, 0.15) is 0 Å². The van der Waals surface area contributed by atoms with Gasteiger partial charge in [-0.3, -0.25) is 9.69 Å². The van der Waals surface area contributed by atoms with E-state index in [2.05, 4.69) is 16.8 Å². The zero-order chi connectivity index (χ0) is 15.2. The summed E-state index contributed by atoms with van der Waals surface area (Å²) in [5.41, 5.74) is 1.54. The number of hydrogen-bond acceptors (Lipinski definition) is 5. The Morgan fingerprint density at radius 2 is 1.71 bits per heavy atom. The minimum absolute atomic E-state index is 0.214. The molecule has 1 aliphatic rings. The summed E-state index contributed by atoms with van der Waals surface area (Å²) >= 11 is 0. The van der Waals surface area contributed by atoms with E-state index in [9.17, 15) is 9.59 Å². The molecule has 1 aromatic carbocycles. The van der Waals surface area contributed by atoms with Crippen LogP contribution in [0.5, 0.6) is 0 Å². The van der Waals surface area contributed by atoms with Gasteiger partial charge in [0.2, 0.25) is 0 Å². The van der Waals surface area contributed by atoms with E-state index in [0.29, 0.717) is 5.56 Å². The first-order chi connectivity index (χ1) is 10.1. The summed E-state index contributed by atoms with van der Waals surface area (Å²) in [6.45, 7) is 7.05. The molecular formula is C16H22N2O3. The van der Waals surface area contributed by atoms with Gasteiger partial charge in [-0.05, 0) is 19.5 Å². The van der Waals surface area contributed by atoms with Gasteiger partial charge >= 0.3 is 5.97 Å². The number of piperazine rings is 1. The maximum absolute atomic E-state index is 11.8. The molecule has 1 aromatic rings. The van der Waals surface area contributed by atoms with Gasteiger partial charge in [0.25, 0.3) is 5.78 Å². The van der Waals surface area contributed by atoms with Crippen LogP contribution in [0.25, 0.3) is 0 Å². The van der Waals surface area contributed by atoms with Crippen LogP contribution >= 0.6 is 0 Å². The van der Waals surface area contributed by atoms with E-state index in [-0.39, 0.29) is 6.61 Å². The number of esters is 1. The van der Waals surface area contributed by atoms with Crippen LogP contribution in [0.2, 0.25) is 0 Å². The van der Waals surface area contributed by atoms with Crippen molar-refractivity contribution in [2.24, 2.45) is 0 Å². The largest absolute Gasteiger partial charge is 0.460 e. The Morgan fingerprint density at radius 3 is 2.29 bits per heavy atom. The fourth-order valence-corrected chi connectivity index (χ4v) is 2.34. The highest BCUT2D eigenvalue weighted by Crippen LogP contribution is 2.10. The zero-order valence-corrected chi connectivity index (χ0v) is 12.7. The van der Waals surface area contributed by atoms with E-state index >= 15 is 0 Å². The molecule has 0 radical (unpaired) electrons. The van der Waals surface area contributed by atoms with Crippen molar-refractivity contribution in [2.45, 2.75) is 13.5 Å². The van der Waals surface area contributed by atoms with E-state index in [0.717, 1.165) is 38.3 Å². The highest BCUT2D eigenvalue weighted by atomic mass is 16.5. The number of ketones is 1. The molecule has 0 spiro atoms. The predicted molar refractivity (Wildman–Crippen MR) is 80.2 cm³/mol. The number of ether oxygens (including phenoxy) is 1. The van der Waals surface area contributed by atoms with E-state index in [1.54, 1.807) is 19.1 Å². The van der Waals surface area contributed by atoms with Crippen LogP contribution in [0.3, 0.4) is 0 Å². The summed E-state index contributed by atoms with van der Waals surface area (Å²) < 4.78 is 4.72. The maximum atomic E-state index is 11.8. The number of rotatable bonds is 5. The van der Waals surface area contributed by atoms with Crippen LogP contribution in [0.1, 0.15) is 22.8 Å². The molecule has 1 aliphatic heterocycles. The highest BCUT2D eigenvalue weighted by Gasteiger charge is 2.18. The standard InChI is InChI=1S/C16H22N2O3/c1-3-21-16(20)15(19)14-6-4-13(5-7-14)12-18-10-8-17(2)9-11-18/h4-7H,3,8-12H2,1-2H3. The lowest BCUT2D eigenvalue weighted by atomic mass is 10.1. The molecule has 0 bridgehead atoms. The average Bonchev–Trinajstić information content (AvgIpc) is 2.50. The Bertz CT molecular complexity index is 491. The van der Waals surface area contributed by atoms with Crippen LogP contribution in [-0.4, -0.2) is 61.4 Å². The molecular weight excluding hydrogens is 268 g/mol. The summed E-state index contributed by atoms with van der Waals surface area (Å²) in [6.07, 6.45) is 0. The second kappa shape index (κ2) is 7.33. The van der Waals surface area contributed by atoms with E-state index in [1.165, 1.54) is 0 Å². The molecule has 0 unspecified atom stereocenters. The number of carbonyl (C=O) groups excluding carboxylic acids is 2. The molecule has 0 saturated carbocycles. The third-order valence-electron chi connectivity index (χ3n) is 3.68. The second-order valence-corrected chi connectivity index (χ2v) is 5.33. The van der Waals surface area contributed by atoms with E-state index < -0.39 is 11.8 Å². The first-order valence-electron chi connectivity index (χ1n) is 7.31. The summed E-state index contributed by atoms with van der Waals surface area (Å²) in [6, 6.07) is 7.21. The Hall–Kier alpha value is -1.72. The van der Waals surface area contributed by atoms with Crippen molar-refractivity contribution in [1.29, 1.82) is 0 Å². The van der Waals surface area contributed by atoms with Gasteiger partial charge in [-0.2, -0.15) is 0 Å². The molecule has 0 N–H and O–H groups in total. The lowest BCUT2D eigenvalue weighted by molar-refractivity contribution is -0.137. The molecule has 0 aromatic heterocycles. The van der Waals surface area contributed by atoms with Crippen molar-refractivity contribution >= 4 is 11.8 Å². The number of likely N-dealkylation sites (N-methyl/N-ethyl adjacent to an activating group) is 1. The molecule has 1 heterocycles. The highest BCUT2D eigenvalue weighted by molar-refractivity contribution is 6.40. The number of carbonyl (C=O) groups is 2. The minimum Gasteiger partial charge on any atom is -0.460 e. The van der Waals surface area contributed by atoms with E-state index in [1.807, 2.05) is 12.1 Å². The number of nitrogens with zero attached hydrogens (tertiary/aromatic N) is 2. The van der Waals surface area contributed by atoms with Gasteiger partial charge in [0.15, 0.2) is 0 Å². The minimum atomic E-state index is -0.788. The van der Waals surface area contributed by atoms with Crippen molar-refractivity contribution < 1.29 is 14.3 Å². The molecule has 21 heavy (non-hydrogen) atoms. The molecule has 1 fully saturated rings. The third kappa shape index (κ3) is 4.37. The van der Waals surface area contributed by atoms with Crippen molar-refractivity contribution in [3.8, 4) is 0 Å². The molecule has 1 saturated heterocycles. The SMILES string of the molecule is CCOC(=O)C(=O)c1ccc(CN2CCN(C)CC2)cc1. The molecule has 114 valence electrons. The monoisotopic (exact) mass is 290 g/mol. The van der Waals surface area contributed by atoms with Gasteiger partial charge in [-0.25, -0.2) is 4.79 Å². The lowest BCUT2D eigenvalue weighted by Crippen LogP contribution is -2.43. The molecule has 5 heteroatoms. The van der Waals surface area contributed by atoms with Crippen molar-refractivity contribution in [3.05, 3.63) is 35.4 Å². The Kier molecular flexibility index (Phi) is 5.47. The van der Waals surface area contributed by atoms with Gasteiger partial charge in [0, 0.05) is 38.3 Å². The normalized spacial score (nSPS) is 16.7. The van der Waals surface area contributed by atoms with Crippen LogP contribution in [-0.2, 0) is 16.1 Å². The Morgan fingerprint density at radius 1 is 1.10 bits per heavy atom. The number of hydrogen-bond donors (Lipinski definition) is 0. The van der Waals surface area contributed by atoms with E-state index in [4.69, 9.17) is 4.74 Å². The fourth-order valence-electron chi connectivity index (χ4n) is 2.34. The summed E-state index contributed by atoms with van der Waals surface area (Å²) in [4.78, 5) is 27.9. The number of Topliss-reactive ketones (excluding diaryl/α,β-unsaturated/α-hetero) is 1. The van der Waals surface area contributed by atoms with Crippen molar-refractivity contribution in [2.75, 3.05) is 39.8 Å². The van der Waals surface area contributed by atoms with Gasteiger partial charge in [-0.15, -0.1) is 0 Å². The first kappa shape index (κ1) is 15.7. The van der Waals surface area contributed by atoms with Crippen LogP contribution in [0.15, 0.2) is 24.3 Å². The molecule has 2 rings (SSSR count). The maximum Gasteiger partial charge on any atom is 0.379 e. The molecule has 0 amide bonds. The van der Waals surface area contributed by atoms with Gasteiger partial charge < -0.3 is 9.64 Å². The van der Waals surface area contributed by atoms with Gasteiger partial charge in [-0.1, -0.05) is 24.3 Å². The smallest absolute Gasteiger partial charge is 0.379 e. The molecule has 0 aliphatic carbocycles. The van der Waals surface area contributed by atoms with Crippen LogP contribution < -0.4 is 0 Å². The summed E-state index contributed by atoms with van der Waals surface area (Å²) in [7, 11) is 2.13. The van der Waals surface area contributed by atoms with Crippen LogP contribution in [0, 0.1) is 0 Å². The zero-order valence-electron chi connectivity index (χ0n) is 12.7. The third-order valence-corrected chi connectivity index (χ3v) is 3.68. The van der Waals surface area contributed by atoms with Crippen LogP contribution in [0.4, 0.5) is 0 Å². The average molecular weight is 290 g/mol. The molecule has 0 atom stereocenters. The Labute approximate surface area is 125 Å². The lowest BCUT2D eigenvalue weighted by Gasteiger charge is -2.32. The van der Waals surface area contributed by atoms with Crippen molar-refractivity contribution in [1.82, 2.24) is 9.80 Å². The topological polar surface area (TPSA) is 49.9 Å². The Balaban J connectivity index is 1.92. The van der Waals surface area contributed by atoms with Crippen molar-refractivity contribution in [3.63, 3.8) is 0 Å². The predicted octanol–water partition coefficient (Wildman–Crippen LogP) is 1.18. The summed E-state index contributed by atoms with van der Waals surface area (Å²) in [5, 5.41) is 0. The summed E-state index contributed by atoms with van der Waals surface area (Å²) in [5.74, 6) is -1.37. The first-order valence-corrected chi connectivity index (χ1v) is 7.31. The second-order valence-electron chi connectivity index (χ2n) is 5.33. The fraction of sp³-hybridized carbons (Fsp3) is 0.500. The molecule has 5 nitrogen and oxygen atoms in total. The van der Waals surface area contributed by atoms with Gasteiger partial charge in [0.05, 0.1) is 6.61 Å².